The van der Waals surface area contributed by atoms with Crippen LogP contribution in [-0.4, -0.2) is 61.0 Å². The lowest BCUT2D eigenvalue weighted by Crippen LogP contribution is -2.36. The molecule has 2 aromatic rings. The largest absolute Gasteiger partial charge is 0.493 e. The highest BCUT2D eigenvalue weighted by Gasteiger charge is 2.13. The smallest absolute Gasteiger partial charge is 0.161 e. The fourth-order valence-corrected chi connectivity index (χ4v) is 3.73. The Bertz CT molecular complexity index is 744. The Kier molecular flexibility index (Phi) is 9.36. The van der Waals surface area contributed by atoms with E-state index in [4.69, 9.17) is 9.47 Å². The van der Waals surface area contributed by atoms with Gasteiger partial charge in [0.25, 0.3) is 0 Å². The summed E-state index contributed by atoms with van der Waals surface area (Å²) in [6.07, 6.45) is 0.381. The van der Waals surface area contributed by atoms with Crippen LogP contribution in [0.25, 0.3) is 0 Å². The number of nitrogens with zero attached hydrogens (tertiary/aromatic N) is 2. The number of nitrogens with one attached hydrogen (secondary N) is 1. The first-order valence-electron chi connectivity index (χ1n) is 10.1. The number of aryl methyl sites for hydroxylation is 2. The van der Waals surface area contributed by atoms with Gasteiger partial charge in [0.15, 0.2) is 11.5 Å². The molecule has 0 saturated carbocycles. The zero-order valence-electron chi connectivity index (χ0n) is 18.5. The molecule has 7 heteroatoms. The number of hydrogen-bond acceptors (Lipinski definition) is 7. The number of hydrogen-bond donors (Lipinski definition) is 2. The fraction of sp³-hybridized carbons (Fsp3) is 0.591. The maximum absolute atomic E-state index is 10.2. The van der Waals surface area contributed by atoms with Crippen LogP contribution < -0.4 is 14.8 Å². The summed E-state index contributed by atoms with van der Waals surface area (Å²) >= 11 is 1.77. The second kappa shape index (κ2) is 11.5. The first-order valence-corrected chi connectivity index (χ1v) is 10.9. The maximum atomic E-state index is 10.2. The number of ether oxygens (including phenoxy) is 2. The van der Waals surface area contributed by atoms with Gasteiger partial charge >= 0.3 is 0 Å². The van der Waals surface area contributed by atoms with E-state index in [2.05, 4.69) is 42.9 Å². The Morgan fingerprint density at radius 2 is 2.00 bits per heavy atom. The van der Waals surface area contributed by atoms with Gasteiger partial charge in [0.2, 0.25) is 0 Å². The number of thiazole rings is 1. The van der Waals surface area contributed by atoms with E-state index in [1.54, 1.807) is 18.4 Å². The molecule has 0 bridgehead atoms. The predicted octanol–water partition coefficient (Wildman–Crippen LogP) is 3.18. The zero-order valence-corrected chi connectivity index (χ0v) is 19.3. The fourth-order valence-electron chi connectivity index (χ4n) is 2.80. The molecule has 1 aromatic carbocycles. The van der Waals surface area contributed by atoms with Crippen molar-refractivity contribution in [3.63, 3.8) is 0 Å². The summed E-state index contributed by atoms with van der Waals surface area (Å²) in [4.78, 5) is 7.96. The van der Waals surface area contributed by atoms with Gasteiger partial charge in [0.05, 0.1) is 17.8 Å². The van der Waals surface area contributed by atoms with Gasteiger partial charge in [-0.3, -0.25) is 0 Å². The molecule has 1 aromatic heterocycles. The van der Waals surface area contributed by atoms with Crippen LogP contribution in [0.1, 0.15) is 35.0 Å². The van der Waals surface area contributed by atoms with Crippen LogP contribution in [0.4, 0.5) is 0 Å². The highest BCUT2D eigenvalue weighted by molar-refractivity contribution is 7.11. The number of aliphatic hydroxyl groups is 1. The molecule has 0 saturated heterocycles. The van der Waals surface area contributed by atoms with Crippen LogP contribution >= 0.6 is 11.3 Å². The van der Waals surface area contributed by atoms with E-state index in [0.29, 0.717) is 24.1 Å². The minimum atomic E-state index is -0.549. The summed E-state index contributed by atoms with van der Waals surface area (Å²) in [5.74, 6) is 1.33. The van der Waals surface area contributed by atoms with Crippen LogP contribution in [-0.2, 0) is 13.0 Å². The van der Waals surface area contributed by atoms with Gasteiger partial charge in [0, 0.05) is 37.0 Å². The minimum Gasteiger partial charge on any atom is -0.493 e. The van der Waals surface area contributed by atoms with Gasteiger partial charge in [-0.2, -0.15) is 0 Å². The Balaban J connectivity index is 1.81. The zero-order chi connectivity index (χ0) is 21.4. The normalized spacial score (nSPS) is 12.6. The summed E-state index contributed by atoms with van der Waals surface area (Å²) < 4.78 is 11.3. The second-order valence-corrected chi connectivity index (χ2v) is 8.95. The van der Waals surface area contributed by atoms with Crippen LogP contribution in [0.2, 0.25) is 0 Å². The van der Waals surface area contributed by atoms with E-state index < -0.39 is 6.10 Å². The molecule has 162 valence electrons. The van der Waals surface area contributed by atoms with E-state index in [1.807, 2.05) is 25.2 Å². The number of likely N-dealkylation sites (N-methyl/N-ethyl adjacent to an activating group) is 1. The van der Waals surface area contributed by atoms with Crippen molar-refractivity contribution in [3.05, 3.63) is 39.3 Å². The summed E-state index contributed by atoms with van der Waals surface area (Å²) in [5, 5.41) is 14.8. The lowest BCUT2D eigenvalue weighted by atomic mass is 10.2. The second-order valence-electron chi connectivity index (χ2n) is 7.66. The molecule has 6 nitrogen and oxygen atoms in total. The molecule has 1 unspecified atom stereocenters. The molecule has 29 heavy (non-hydrogen) atoms. The first kappa shape index (κ1) is 23.6. The SMILES string of the molecule is COc1cc(CNCCc2nc(C)c(C)s2)ccc1OCC(O)CN(C)C(C)C. The third-order valence-electron chi connectivity index (χ3n) is 4.96. The third-order valence-corrected chi connectivity index (χ3v) is 6.09. The van der Waals surface area contributed by atoms with Crippen molar-refractivity contribution in [2.45, 2.75) is 52.8 Å². The van der Waals surface area contributed by atoms with Gasteiger partial charge in [-0.15, -0.1) is 11.3 Å². The molecule has 0 spiro atoms. The third kappa shape index (κ3) is 7.59. The highest BCUT2D eigenvalue weighted by atomic mass is 32.1. The van der Waals surface area contributed by atoms with E-state index in [9.17, 15) is 5.11 Å². The van der Waals surface area contributed by atoms with Gasteiger partial charge < -0.3 is 24.8 Å². The Morgan fingerprint density at radius 3 is 2.62 bits per heavy atom. The molecule has 0 aliphatic rings. The van der Waals surface area contributed by atoms with E-state index >= 15 is 0 Å². The Labute approximate surface area is 178 Å². The molecule has 2 N–H and O–H groups in total. The highest BCUT2D eigenvalue weighted by Crippen LogP contribution is 2.28. The predicted molar refractivity (Wildman–Crippen MR) is 119 cm³/mol. The summed E-state index contributed by atoms with van der Waals surface area (Å²) in [5.41, 5.74) is 2.26. The minimum absolute atomic E-state index is 0.234. The molecule has 2 rings (SSSR count). The van der Waals surface area contributed by atoms with Crippen molar-refractivity contribution >= 4 is 11.3 Å². The van der Waals surface area contributed by atoms with E-state index in [1.165, 1.54) is 9.88 Å². The van der Waals surface area contributed by atoms with Crippen molar-refractivity contribution in [2.24, 2.45) is 0 Å². The van der Waals surface area contributed by atoms with Crippen molar-refractivity contribution in [1.29, 1.82) is 0 Å². The van der Waals surface area contributed by atoms with Gasteiger partial charge in [0.1, 0.15) is 12.7 Å². The standard InChI is InChI=1S/C22H35N3O3S/c1-15(2)25(5)13-19(26)14-28-20-8-7-18(11-21(20)27-6)12-23-10-9-22-24-16(3)17(4)29-22/h7-8,11,15,19,23,26H,9-10,12-14H2,1-6H3. The Hall–Kier alpha value is -1.67. The first-order chi connectivity index (χ1) is 13.8. The molecule has 0 fully saturated rings. The molecular formula is C22H35N3O3S. The molecule has 0 radical (unpaired) electrons. The van der Waals surface area contributed by atoms with E-state index in [-0.39, 0.29) is 6.61 Å². The molecular weight excluding hydrogens is 386 g/mol. The molecule has 0 aliphatic heterocycles. The molecule has 1 atom stereocenters. The average molecular weight is 422 g/mol. The van der Waals surface area contributed by atoms with Crippen LogP contribution in [0.5, 0.6) is 11.5 Å². The van der Waals surface area contributed by atoms with Crippen LogP contribution in [0.3, 0.4) is 0 Å². The molecule has 0 aliphatic carbocycles. The van der Waals surface area contributed by atoms with Gasteiger partial charge in [-0.1, -0.05) is 6.07 Å². The monoisotopic (exact) mass is 421 g/mol. The number of aliphatic hydroxyl groups excluding tert-OH is 1. The van der Waals surface area contributed by atoms with Crippen LogP contribution in [0.15, 0.2) is 18.2 Å². The molecule has 0 amide bonds. The number of rotatable bonds is 12. The summed E-state index contributed by atoms with van der Waals surface area (Å²) in [6.45, 7) is 10.8. The van der Waals surface area contributed by atoms with Gasteiger partial charge in [-0.05, 0) is 52.4 Å². The summed E-state index contributed by atoms with van der Waals surface area (Å²) in [7, 11) is 3.63. The quantitative estimate of drug-likeness (QED) is 0.513. The number of benzene rings is 1. The lowest BCUT2D eigenvalue weighted by Gasteiger charge is -2.24. The average Bonchev–Trinajstić information content (AvgIpc) is 3.01. The van der Waals surface area contributed by atoms with E-state index in [0.717, 1.165) is 30.8 Å². The maximum Gasteiger partial charge on any atom is 0.161 e. The van der Waals surface area contributed by atoms with Crippen molar-refractivity contribution in [1.82, 2.24) is 15.2 Å². The molecule has 1 heterocycles. The lowest BCUT2D eigenvalue weighted by molar-refractivity contribution is 0.0668. The van der Waals surface area contributed by atoms with Crippen LogP contribution in [0, 0.1) is 13.8 Å². The van der Waals surface area contributed by atoms with Crippen molar-refractivity contribution in [2.75, 3.05) is 33.9 Å². The number of aromatic nitrogens is 1. The van der Waals surface area contributed by atoms with Crippen molar-refractivity contribution < 1.29 is 14.6 Å². The topological polar surface area (TPSA) is 66.8 Å². The number of methoxy groups -OCH3 is 1. The summed E-state index contributed by atoms with van der Waals surface area (Å²) in [6, 6.07) is 6.29. The Morgan fingerprint density at radius 1 is 1.24 bits per heavy atom. The van der Waals surface area contributed by atoms with Crippen molar-refractivity contribution in [3.8, 4) is 11.5 Å². The van der Waals surface area contributed by atoms with Gasteiger partial charge in [-0.25, -0.2) is 4.98 Å².